The zero-order valence-corrected chi connectivity index (χ0v) is 8.90. The number of carbonyl (C=O) groups is 1. The van der Waals surface area contributed by atoms with Crippen LogP contribution in [0.1, 0.15) is 0 Å². The average molecular weight is 245 g/mol. The number of halogens is 2. The van der Waals surface area contributed by atoms with Gasteiger partial charge >= 0.3 is 6.61 Å². The summed E-state index contributed by atoms with van der Waals surface area (Å²) in [7, 11) is 0. The number of nitrogens with two attached hydrogens (primary N) is 2. The van der Waals surface area contributed by atoms with Crippen LogP contribution in [0.3, 0.4) is 0 Å². The van der Waals surface area contributed by atoms with E-state index in [4.69, 9.17) is 11.5 Å². The van der Waals surface area contributed by atoms with Crippen molar-refractivity contribution in [2.45, 2.75) is 12.7 Å². The Morgan fingerprint density at radius 3 is 2.65 bits per heavy atom. The van der Waals surface area contributed by atoms with Crippen molar-refractivity contribution in [1.82, 2.24) is 0 Å². The highest BCUT2D eigenvalue weighted by molar-refractivity contribution is 5.80. The number of benzene rings is 1. The van der Waals surface area contributed by atoms with Gasteiger partial charge < -0.3 is 21.5 Å². The molecular weight excluding hydrogens is 232 g/mol. The zero-order valence-electron chi connectivity index (χ0n) is 8.90. The molecule has 0 fully saturated rings. The number of anilines is 1. The lowest BCUT2D eigenvalue weighted by atomic mass is 10.2. The van der Waals surface area contributed by atoms with E-state index >= 15 is 0 Å². The predicted molar refractivity (Wildman–Crippen MR) is 58.7 cm³/mol. The lowest BCUT2D eigenvalue weighted by molar-refractivity contribution is -0.118. The van der Waals surface area contributed by atoms with Crippen LogP contribution in [-0.4, -0.2) is 25.1 Å². The number of para-hydroxylation sites is 2. The third-order valence-corrected chi connectivity index (χ3v) is 1.98. The number of hydrogen-bond donors (Lipinski definition) is 3. The molecule has 5 nitrogen and oxygen atoms in total. The molecule has 0 aliphatic carbocycles. The van der Waals surface area contributed by atoms with E-state index in [0.717, 1.165) is 0 Å². The van der Waals surface area contributed by atoms with Crippen molar-refractivity contribution >= 4 is 11.6 Å². The highest BCUT2D eigenvalue weighted by atomic mass is 19.3. The van der Waals surface area contributed by atoms with Gasteiger partial charge in [0.15, 0.2) is 0 Å². The molecule has 17 heavy (non-hydrogen) atoms. The van der Waals surface area contributed by atoms with Crippen molar-refractivity contribution in [2.75, 3.05) is 11.9 Å². The molecule has 0 heterocycles. The fraction of sp³-hybridized carbons (Fsp3) is 0.300. The smallest absolute Gasteiger partial charge is 0.387 e. The largest absolute Gasteiger partial charge is 0.433 e. The Labute approximate surface area is 96.7 Å². The number of hydrogen-bond acceptors (Lipinski definition) is 4. The van der Waals surface area contributed by atoms with Gasteiger partial charge in [-0.15, -0.1) is 0 Å². The Morgan fingerprint density at radius 2 is 2.06 bits per heavy atom. The van der Waals surface area contributed by atoms with Crippen LogP contribution in [0, 0.1) is 0 Å². The molecule has 0 bridgehead atoms. The van der Waals surface area contributed by atoms with Crippen molar-refractivity contribution in [3.05, 3.63) is 24.3 Å². The number of carbonyl (C=O) groups excluding carboxylic acids is 1. The fourth-order valence-electron chi connectivity index (χ4n) is 1.13. The molecule has 0 saturated heterocycles. The SMILES string of the molecule is NC(=O)C(N)CNc1ccccc1OC(F)F. The second-order valence-electron chi connectivity index (χ2n) is 3.26. The van der Waals surface area contributed by atoms with Gasteiger partial charge in [-0.05, 0) is 12.1 Å². The molecule has 1 atom stereocenters. The van der Waals surface area contributed by atoms with Gasteiger partial charge in [0.1, 0.15) is 11.8 Å². The van der Waals surface area contributed by atoms with Gasteiger partial charge in [-0.1, -0.05) is 12.1 Å². The first-order chi connectivity index (χ1) is 8.00. The Kier molecular flexibility index (Phi) is 4.65. The molecule has 0 saturated carbocycles. The summed E-state index contributed by atoms with van der Waals surface area (Å²) in [6.45, 7) is -2.87. The highest BCUT2D eigenvalue weighted by Crippen LogP contribution is 2.25. The van der Waals surface area contributed by atoms with E-state index in [9.17, 15) is 13.6 Å². The minimum Gasteiger partial charge on any atom is -0.433 e. The molecular formula is C10H13F2N3O2. The summed E-state index contributed by atoms with van der Waals surface area (Å²) in [6, 6.07) is 5.21. The number of alkyl halides is 2. The molecule has 1 rings (SSSR count). The van der Waals surface area contributed by atoms with E-state index < -0.39 is 18.6 Å². The summed E-state index contributed by atoms with van der Waals surface area (Å²) < 4.78 is 28.4. The van der Waals surface area contributed by atoms with Gasteiger partial charge in [0.05, 0.1) is 5.69 Å². The van der Waals surface area contributed by atoms with Crippen molar-refractivity contribution in [3.63, 3.8) is 0 Å². The van der Waals surface area contributed by atoms with E-state index in [2.05, 4.69) is 10.1 Å². The Hall–Kier alpha value is -1.89. The lowest BCUT2D eigenvalue weighted by Gasteiger charge is -2.14. The number of ether oxygens (including phenoxy) is 1. The molecule has 0 radical (unpaired) electrons. The summed E-state index contributed by atoms with van der Waals surface area (Å²) in [6.07, 6.45) is 0. The number of nitrogens with one attached hydrogen (secondary N) is 1. The predicted octanol–water partition coefficient (Wildman–Crippen LogP) is 0.513. The van der Waals surface area contributed by atoms with Gasteiger partial charge in [0, 0.05) is 6.54 Å². The average Bonchev–Trinajstić information content (AvgIpc) is 2.26. The monoisotopic (exact) mass is 245 g/mol. The van der Waals surface area contributed by atoms with E-state index in [1.54, 1.807) is 12.1 Å². The maximum atomic E-state index is 12.1. The molecule has 0 spiro atoms. The Morgan fingerprint density at radius 1 is 1.41 bits per heavy atom. The van der Waals surface area contributed by atoms with E-state index in [1.807, 2.05) is 0 Å². The molecule has 1 aromatic rings. The van der Waals surface area contributed by atoms with Gasteiger partial charge in [-0.2, -0.15) is 8.78 Å². The van der Waals surface area contributed by atoms with Crippen LogP contribution in [0.15, 0.2) is 24.3 Å². The number of rotatable bonds is 6. The summed E-state index contributed by atoms with van der Waals surface area (Å²) in [4.78, 5) is 10.7. The molecule has 0 aromatic heterocycles. The van der Waals surface area contributed by atoms with Crippen molar-refractivity contribution in [1.29, 1.82) is 0 Å². The number of primary amides is 1. The summed E-state index contributed by atoms with van der Waals surface area (Å²) in [5.41, 5.74) is 10.7. The maximum Gasteiger partial charge on any atom is 0.387 e. The molecule has 94 valence electrons. The molecule has 0 aliphatic rings. The molecule has 1 aromatic carbocycles. The van der Waals surface area contributed by atoms with Crippen molar-refractivity contribution in [3.8, 4) is 5.75 Å². The van der Waals surface area contributed by atoms with Crippen LogP contribution in [0.25, 0.3) is 0 Å². The van der Waals surface area contributed by atoms with E-state index in [-0.39, 0.29) is 12.3 Å². The van der Waals surface area contributed by atoms with Gasteiger partial charge in [-0.25, -0.2) is 0 Å². The summed E-state index contributed by atoms with van der Waals surface area (Å²) in [5, 5.41) is 2.72. The van der Waals surface area contributed by atoms with Crippen molar-refractivity contribution < 1.29 is 18.3 Å². The molecule has 7 heteroatoms. The standard InChI is InChI=1S/C10H13F2N3O2/c11-10(12)17-8-4-2-1-3-7(8)15-5-6(13)9(14)16/h1-4,6,10,15H,5,13H2,(H2,14,16). The Bertz CT molecular complexity index is 388. The minimum absolute atomic E-state index is 0.0147. The molecule has 1 unspecified atom stereocenters. The van der Waals surface area contributed by atoms with Crippen LogP contribution in [-0.2, 0) is 4.79 Å². The van der Waals surface area contributed by atoms with Crippen molar-refractivity contribution in [2.24, 2.45) is 11.5 Å². The van der Waals surface area contributed by atoms with Crippen LogP contribution in [0.4, 0.5) is 14.5 Å². The quantitative estimate of drug-likeness (QED) is 0.681. The first kappa shape index (κ1) is 13.2. The maximum absolute atomic E-state index is 12.1. The van der Waals surface area contributed by atoms with Gasteiger partial charge in [0.2, 0.25) is 5.91 Å². The normalized spacial score (nSPS) is 12.2. The zero-order chi connectivity index (χ0) is 12.8. The third kappa shape index (κ3) is 4.23. The second kappa shape index (κ2) is 6.00. The summed E-state index contributed by atoms with van der Waals surface area (Å²) >= 11 is 0. The minimum atomic E-state index is -2.91. The van der Waals surface area contributed by atoms with Crippen LogP contribution < -0.4 is 21.5 Å². The summed E-state index contributed by atoms with van der Waals surface area (Å²) in [5.74, 6) is -0.691. The third-order valence-electron chi connectivity index (χ3n) is 1.98. The van der Waals surface area contributed by atoms with Crippen LogP contribution >= 0.6 is 0 Å². The number of amides is 1. The highest BCUT2D eigenvalue weighted by Gasteiger charge is 2.12. The second-order valence-corrected chi connectivity index (χ2v) is 3.26. The van der Waals surface area contributed by atoms with E-state index in [0.29, 0.717) is 5.69 Å². The van der Waals surface area contributed by atoms with E-state index in [1.165, 1.54) is 12.1 Å². The fourth-order valence-corrected chi connectivity index (χ4v) is 1.13. The van der Waals surface area contributed by atoms with Crippen LogP contribution in [0.2, 0.25) is 0 Å². The first-order valence-electron chi connectivity index (χ1n) is 4.83. The van der Waals surface area contributed by atoms with Gasteiger partial charge in [0.25, 0.3) is 0 Å². The lowest BCUT2D eigenvalue weighted by Crippen LogP contribution is -2.41. The molecule has 0 aliphatic heterocycles. The Balaban J connectivity index is 2.66. The van der Waals surface area contributed by atoms with Gasteiger partial charge in [-0.3, -0.25) is 4.79 Å². The molecule has 1 amide bonds. The topological polar surface area (TPSA) is 90.4 Å². The molecule has 5 N–H and O–H groups in total. The first-order valence-corrected chi connectivity index (χ1v) is 4.83. The van der Waals surface area contributed by atoms with Crippen LogP contribution in [0.5, 0.6) is 5.75 Å².